The largest absolute Gasteiger partial charge is 0.331 e. The molecule has 3 heterocycles. The predicted octanol–water partition coefficient (Wildman–Crippen LogP) is 18.6. The molecule has 3 atom stereocenters. The Bertz CT molecular complexity index is 3590. The summed E-state index contributed by atoms with van der Waals surface area (Å²) >= 11 is 0. The van der Waals surface area contributed by atoms with Crippen LogP contribution in [-0.4, -0.2) is 15.3 Å². The molecule has 8 aromatic rings. The minimum absolute atomic E-state index is 0.308. The molecule has 3 aliphatic carbocycles. The Morgan fingerprint density at radius 2 is 1.41 bits per heavy atom. The van der Waals surface area contributed by atoms with E-state index in [1.54, 1.807) is 0 Å². The zero-order valence-corrected chi connectivity index (χ0v) is 43.6. The summed E-state index contributed by atoms with van der Waals surface area (Å²) in [5.74, 6) is 0.678. The lowest BCUT2D eigenvalue weighted by molar-refractivity contribution is 0.436. The Morgan fingerprint density at radius 3 is 2.16 bits per heavy atom. The molecule has 1 aliphatic heterocycles. The molecule has 3 heteroatoms. The van der Waals surface area contributed by atoms with E-state index in [4.69, 9.17) is 9.98 Å². The van der Waals surface area contributed by atoms with Crippen LogP contribution in [0.5, 0.6) is 0 Å². The molecule has 0 fully saturated rings. The van der Waals surface area contributed by atoms with Gasteiger partial charge in [-0.1, -0.05) is 164 Å². The molecule has 74 heavy (non-hydrogen) atoms. The number of aromatic nitrogens is 2. The molecular formula is C71H67N3. The number of rotatable bonds is 12. The van der Waals surface area contributed by atoms with Crippen molar-refractivity contribution in [3.8, 4) is 22.4 Å². The van der Waals surface area contributed by atoms with Crippen molar-refractivity contribution >= 4 is 44.4 Å². The first-order chi connectivity index (χ1) is 36.3. The topological polar surface area (TPSA) is 30.2 Å². The third-order valence-electron chi connectivity index (χ3n) is 16.7. The maximum atomic E-state index is 5.67. The number of fused-ring (bicyclic) bond motifs is 5. The molecular weight excluding hydrogens is 895 g/mol. The van der Waals surface area contributed by atoms with Crippen LogP contribution in [0, 0.1) is 11.8 Å². The van der Waals surface area contributed by atoms with Gasteiger partial charge in [0.2, 0.25) is 0 Å². The maximum Gasteiger partial charge on any atom is 0.0701 e. The van der Waals surface area contributed by atoms with Crippen LogP contribution in [0.25, 0.3) is 61.0 Å². The minimum Gasteiger partial charge on any atom is -0.331 e. The lowest BCUT2D eigenvalue weighted by atomic mass is 9.76. The fraction of sp³-hybridized carbons (Fsp3) is 0.239. The van der Waals surface area contributed by atoms with E-state index in [0.29, 0.717) is 11.8 Å². The lowest BCUT2D eigenvalue weighted by Crippen LogP contribution is -2.30. The third kappa shape index (κ3) is 9.12. The fourth-order valence-corrected chi connectivity index (χ4v) is 13.3. The summed E-state index contributed by atoms with van der Waals surface area (Å²) < 4.78 is 2.67. The predicted molar refractivity (Wildman–Crippen MR) is 314 cm³/mol. The van der Waals surface area contributed by atoms with Gasteiger partial charge in [-0.15, -0.1) is 0 Å². The summed E-state index contributed by atoms with van der Waals surface area (Å²) in [6, 6.07) is 60.9. The SMILES string of the molecule is CC=CC1=C(CC)c2ccccc2CCC1CC1=CC(C)(n2c3ccccc3c3ccccc32)CC(c2cc(C3=CC(CCc4ccccc4)C4=C(C)CCCC4=N3)cc(-c3ccc(-c4ccccn4)cc3)c2)=C1. The maximum absolute atomic E-state index is 5.67. The number of nitrogens with zero attached hydrogens (tertiary/aromatic N) is 3. The standard InChI is InChI=1S/C71H67N3/c1-5-19-61-54(38-35-52-23-10-11-24-62(52)60(61)6-2)40-50-41-59(47-71(4,46-50)74-68-29-14-12-25-63(68)64-26-13-15-30-69(64)74)57-42-56(51-33-36-53(37-34-51)65-27-16-17-39-72-65)43-58(44-57)67-45-55(32-31-49-21-8-7-9-22-49)70-48(3)20-18-28-66(70)73-67/h5,7-17,19,21-27,29-30,33-34,36-37,39,41-46,54-55H,6,18,20,28,31-32,35,38,40,47H2,1-4H3. The van der Waals surface area contributed by atoms with Gasteiger partial charge in [0, 0.05) is 50.8 Å². The van der Waals surface area contributed by atoms with Gasteiger partial charge in [0.15, 0.2) is 0 Å². The molecule has 0 saturated heterocycles. The Balaban J connectivity index is 1.03. The van der Waals surface area contributed by atoms with Crippen LogP contribution in [0.3, 0.4) is 0 Å². The van der Waals surface area contributed by atoms with Crippen molar-refractivity contribution in [1.29, 1.82) is 0 Å². The van der Waals surface area contributed by atoms with Crippen molar-refractivity contribution in [2.75, 3.05) is 0 Å². The van der Waals surface area contributed by atoms with Crippen molar-refractivity contribution in [1.82, 2.24) is 9.55 Å². The second-order valence-corrected chi connectivity index (χ2v) is 21.6. The van der Waals surface area contributed by atoms with E-state index in [1.807, 2.05) is 12.3 Å². The van der Waals surface area contributed by atoms with Crippen LogP contribution < -0.4 is 0 Å². The average Bonchev–Trinajstić information content (AvgIpc) is 3.72. The first-order valence-electron chi connectivity index (χ1n) is 27.4. The summed E-state index contributed by atoms with van der Waals surface area (Å²) in [6.45, 7) is 9.38. The van der Waals surface area contributed by atoms with Gasteiger partial charge in [-0.05, 0) is 195 Å². The normalized spacial score (nSPS) is 20.0. The monoisotopic (exact) mass is 962 g/mol. The summed E-state index contributed by atoms with van der Waals surface area (Å²) in [5, 5.41) is 2.61. The average molecular weight is 962 g/mol. The van der Waals surface area contributed by atoms with Crippen molar-refractivity contribution in [2.45, 2.75) is 97.4 Å². The van der Waals surface area contributed by atoms with Crippen LogP contribution in [0.2, 0.25) is 0 Å². The van der Waals surface area contributed by atoms with Crippen LogP contribution in [0.1, 0.15) is 107 Å². The van der Waals surface area contributed by atoms with Gasteiger partial charge in [-0.2, -0.15) is 0 Å². The molecule has 0 spiro atoms. The molecule has 0 N–H and O–H groups in total. The highest BCUT2D eigenvalue weighted by molar-refractivity contribution is 6.09. The highest BCUT2D eigenvalue weighted by Gasteiger charge is 2.35. The van der Waals surface area contributed by atoms with E-state index < -0.39 is 0 Å². The van der Waals surface area contributed by atoms with Gasteiger partial charge >= 0.3 is 0 Å². The zero-order chi connectivity index (χ0) is 50.2. The zero-order valence-electron chi connectivity index (χ0n) is 43.6. The van der Waals surface area contributed by atoms with Gasteiger partial charge in [-0.25, -0.2) is 0 Å². The van der Waals surface area contributed by atoms with E-state index in [-0.39, 0.29) is 5.54 Å². The summed E-state index contributed by atoms with van der Waals surface area (Å²) in [6.07, 6.45) is 24.8. The van der Waals surface area contributed by atoms with Gasteiger partial charge in [0.05, 0.1) is 16.9 Å². The first-order valence-corrected chi connectivity index (χ1v) is 27.4. The number of hydrogen-bond donors (Lipinski definition) is 0. The van der Waals surface area contributed by atoms with Gasteiger partial charge in [-0.3, -0.25) is 9.98 Å². The molecule has 4 aliphatic rings. The van der Waals surface area contributed by atoms with Crippen LogP contribution in [0.4, 0.5) is 0 Å². The highest BCUT2D eigenvalue weighted by atomic mass is 15.1. The van der Waals surface area contributed by atoms with E-state index in [0.717, 1.165) is 81.2 Å². The van der Waals surface area contributed by atoms with E-state index in [2.05, 4.69) is 220 Å². The number of para-hydroxylation sites is 2. The van der Waals surface area contributed by atoms with Crippen LogP contribution >= 0.6 is 0 Å². The van der Waals surface area contributed by atoms with E-state index in [1.165, 1.54) is 99.9 Å². The number of pyridine rings is 1. The smallest absolute Gasteiger partial charge is 0.0701 e. The number of benzene rings is 6. The number of hydrogen-bond acceptors (Lipinski definition) is 2. The summed E-state index contributed by atoms with van der Waals surface area (Å²) in [5.41, 5.74) is 24.6. The first kappa shape index (κ1) is 47.4. The second-order valence-electron chi connectivity index (χ2n) is 21.6. The second kappa shape index (κ2) is 20.4. The number of allylic oxidation sites excluding steroid dienone is 11. The Hall–Kier alpha value is -7.62. The Morgan fingerprint density at radius 1 is 0.703 bits per heavy atom. The molecule has 0 bridgehead atoms. The number of aryl methyl sites for hydroxylation is 2. The molecule has 6 aromatic carbocycles. The lowest BCUT2D eigenvalue weighted by Gasteiger charge is -2.36. The molecule has 12 rings (SSSR count). The Labute approximate surface area is 438 Å². The highest BCUT2D eigenvalue weighted by Crippen LogP contribution is 2.48. The Kier molecular flexibility index (Phi) is 13.0. The van der Waals surface area contributed by atoms with Crippen LogP contribution in [0.15, 0.2) is 228 Å². The molecule has 0 saturated carbocycles. The van der Waals surface area contributed by atoms with Crippen molar-refractivity contribution in [3.05, 3.63) is 250 Å². The minimum atomic E-state index is -0.374. The third-order valence-corrected chi connectivity index (χ3v) is 16.7. The van der Waals surface area contributed by atoms with Crippen molar-refractivity contribution in [2.24, 2.45) is 16.8 Å². The quantitative estimate of drug-likeness (QED) is 0.120. The molecule has 366 valence electrons. The molecule has 3 unspecified atom stereocenters. The number of aliphatic imine (C=N–C) groups is 1. The van der Waals surface area contributed by atoms with Gasteiger partial charge in [0.25, 0.3) is 0 Å². The molecule has 0 radical (unpaired) electrons. The summed E-state index contributed by atoms with van der Waals surface area (Å²) in [4.78, 5) is 10.4. The van der Waals surface area contributed by atoms with E-state index >= 15 is 0 Å². The summed E-state index contributed by atoms with van der Waals surface area (Å²) in [7, 11) is 0. The van der Waals surface area contributed by atoms with Gasteiger partial charge < -0.3 is 4.57 Å². The molecule has 3 nitrogen and oxygen atoms in total. The molecule has 0 amide bonds. The van der Waals surface area contributed by atoms with Gasteiger partial charge in [0.1, 0.15) is 0 Å². The fourth-order valence-electron chi connectivity index (χ4n) is 13.3. The van der Waals surface area contributed by atoms with Crippen molar-refractivity contribution < 1.29 is 0 Å². The van der Waals surface area contributed by atoms with Crippen LogP contribution in [-0.2, 0) is 18.4 Å². The van der Waals surface area contributed by atoms with Crippen molar-refractivity contribution in [3.63, 3.8) is 0 Å². The van der Waals surface area contributed by atoms with E-state index in [9.17, 15) is 0 Å². The molecule has 2 aromatic heterocycles.